The van der Waals surface area contributed by atoms with Gasteiger partial charge in [-0.2, -0.15) is 0 Å². The van der Waals surface area contributed by atoms with Crippen LogP contribution in [0, 0.1) is 0 Å². The number of ether oxygens (including phenoxy) is 1. The Bertz CT molecular complexity index is 677. The molecular formula is C15H15N3O. The van der Waals surface area contributed by atoms with Crippen LogP contribution >= 0.6 is 0 Å². The molecule has 19 heavy (non-hydrogen) atoms. The summed E-state index contributed by atoms with van der Waals surface area (Å²) in [5.41, 5.74) is 4.34. The first-order valence-corrected chi connectivity index (χ1v) is 6.27. The number of aromatic amines is 1. The number of hydrogen-bond acceptors (Lipinski definition) is 3. The van der Waals surface area contributed by atoms with Crippen LogP contribution in [0.15, 0.2) is 42.9 Å². The van der Waals surface area contributed by atoms with E-state index in [0.29, 0.717) is 5.88 Å². The highest BCUT2D eigenvalue weighted by Gasteiger charge is 2.06. The first-order valence-electron chi connectivity index (χ1n) is 6.27. The summed E-state index contributed by atoms with van der Waals surface area (Å²) in [5, 5.41) is 0. The first-order chi connectivity index (χ1) is 9.36. The maximum absolute atomic E-state index is 5.18. The number of methoxy groups -OCH3 is 1. The number of nitrogens with one attached hydrogen (secondary N) is 1. The number of aromatic nitrogens is 3. The average molecular weight is 253 g/mol. The van der Waals surface area contributed by atoms with E-state index in [9.17, 15) is 0 Å². The number of aryl methyl sites for hydroxylation is 2. The summed E-state index contributed by atoms with van der Waals surface area (Å²) in [7, 11) is 1.63. The zero-order chi connectivity index (χ0) is 13.1. The van der Waals surface area contributed by atoms with Crippen molar-refractivity contribution in [2.24, 2.45) is 0 Å². The minimum Gasteiger partial charge on any atom is -0.481 e. The fourth-order valence-corrected chi connectivity index (χ4v) is 2.17. The van der Waals surface area contributed by atoms with Crippen molar-refractivity contribution in [1.82, 2.24) is 15.0 Å². The number of pyridine rings is 2. The van der Waals surface area contributed by atoms with Gasteiger partial charge in [-0.15, -0.1) is 0 Å². The molecule has 96 valence electrons. The van der Waals surface area contributed by atoms with Crippen molar-refractivity contribution >= 4 is 11.0 Å². The van der Waals surface area contributed by atoms with Gasteiger partial charge in [-0.1, -0.05) is 0 Å². The molecule has 0 aliphatic heterocycles. The zero-order valence-corrected chi connectivity index (χ0v) is 10.8. The van der Waals surface area contributed by atoms with E-state index in [1.54, 1.807) is 7.11 Å². The largest absolute Gasteiger partial charge is 0.481 e. The maximum atomic E-state index is 5.18. The van der Waals surface area contributed by atoms with E-state index in [1.165, 1.54) is 11.1 Å². The molecule has 3 heterocycles. The third kappa shape index (κ3) is 2.42. The van der Waals surface area contributed by atoms with Crippen LogP contribution < -0.4 is 4.74 Å². The van der Waals surface area contributed by atoms with Gasteiger partial charge in [0.2, 0.25) is 5.88 Å². The minimum absolute atomic E-state index is 0.628. The van der Waals surface area contributed by atoms with Crippen molar-refractivity contribution in [3.05, 3.63) is 54.0 Å². The molecule has 0 saturated heterocycles. The van der Waals surface area contributed by atoms with Gasteiger partial charge in [0, 0.05) is 24.7 Å². The van der Waals surface area contributed by atoms with Crippen LogP contribution in [0.25, 0.3) is 11.0 Å². The molecule has 1 N–H and O–H groups in total. The number of nitrogens with zero attached hydrogens (tertiary/aromatic N) is 2. The topological polar surface area (TPSA) is 50.8 Å². The molecule has 0 aliphatic rings. The summed E-state index contributed by atoms with van der Waals surface area (Å²) in [6, 6.07) is 7.91. The standard InChI is InChI=1S/C15H15N3O/c1-19-14-5-4-13-15(18-14)12(7-9-17-13)3-2-11-6-8-16-10-11/h4-10,16H,2-3H2,1H3. The Hall–Kier alpha value is -2.36. The van der Waals surface area contributed by atoms with Crippen molar-refractivity contribution in [3.63, 3.8) is 0 Å². The van der Waals surface area contributed by atoms with Gasteiger partial charge in [-0.25, -0.2) is 4.98 Å². The van der Waals surface area contributed by atoms with E-state index in [0.717, 1.165) is 23.9 Å². The molecule has 0 fully saturated rings. The highest BCUT2D eigenvalue weighted by Crippen LogP contribution is 2.19. The number of H-pyrrole nitrogens is 1. The van der Waals surface area contributed by atoms with E-state index in [2.05, 4.69) is 21.0 Å². The number of rotatable bonds is 4. The fraction of sp³-hybridized carbons (Fsp3) is 0.200. The lowest BCUT2D eigenvalue weighted by molar-refractivity contribution is 0.399. The molecule has 3 aromatic rings. The summed E-state index contributed by atoms with van der Waals surface area (Å²) in [6.45, 7) is 0. The van der Waals surface area contributed by atoms with Crippen molar-refractivity contribution < 1.29 is 4.74 Å². The second-order valence-corrected chi connectivity index (χ2v) is 4.41. The second-order valence-electron chi connectivity index (χ2n) is 4.41. The van der Waals surface area contributed by atoms with E-state index < -0.39 is 0 Å². The summed E-state index contributed by atoms with van der Waals surface area (Å²) >= 11 is 0. The normalized spacial score (nSPS) is 10.8. The molecule has 0 radical (unpaired) electrons. The van der Waals surface area contributed by atoms with Gasteiger partial charge in [-0.3, -0.25) is 4.98 Å². The predicted molar refractivity (Wildman–Crippen MR) is 74.3 cm³/mol. The molecule has 0 saturated carbocycles. The Kier molecular flexibility index (Phi) is 3.14. The zero-order valence-electron chi connectivity index (χ0n) is 10.8. The Morgan fingerprint density at radius 3 is 2.89 bits per heavy atom. The lowest BCUT2D eigenvalue weighted by atomic mass is 10.1. The van der Waals surface area contributed by atoms with Crippen LogP contribution in [-0.2, 0) is 12.8 Å². The van der Waals surface area contributed by atoms with Crippen molar-refractivity contribution in [1.29, 1.82) is 0 Å². The van der Waals surface area contributed by atoms with Gasteiger partial charge in [0.15, 0.2) is 0 Å². The fourth-order valence-electron chi connectivity index (χ4n) is 2.17. The van der Waals surface area contributed by atoms with Crippen LogP contribution in [0.3, 0.4) is 0 Å². The van der Waals surface area contributed by atoms with Crippen LogP contribution in [0.2, 0.25) is 0 Å². The van der Waals surface area contributed by atoms with Crippen LogP contribution in [-0.4, -0.2) is 22.1 Å². The smallest absolute Gasteiger partial charge is 0.213 e. The van der Waals surface area contributed by atoms with Crippen LogP contribution in [0.5, 0.6) is 5.88 Å². The van der Waals surface area contributed by atoms with E-state index >= 15 is 0 Å². The van der Waals surface area contributed by atoms with Gasteiger partial charge < -0.3 is 9.72 Å². The lowest BCUT2D eigenvalue weighted by Gasteiger charge is -2.06. The SMILES string of the molecule is COc1ccc2nccc(CCc3cc[nH]c3)c2n1. The molecule has 4 heteroatoms. The highest BCUT2D eigenvalue weighted by atomic mass is 16.5. The van der Waals surface area contributed by atoms with Gasteiger partial charge >= 0.3 is 0 Å². The molecule has 0 spiro atoms. The molecule has 0 amide bonds. The highest BCUT2D eigenvalue weighted by molar-refractivity contribution is 5.78. The van der Waals surface area contributed by atoms with Crippen molar-refractivity contribution in [2.45, 2.75) is 12.8 Å². The van der Waals surface area contributed by atoms with Crippen LogP contribution in [0.1, 0.15) is 11.1 Å². The van der Waals surface area contributed by atoms with Gasteiger partial charge in [0.1, 0.15) is 0 Å². The summed E-state index contributed by atoms with van der Waals surface area (Å²) in [5.74, 6) is 0.628. The molecule has 3 aromatic heterocycles. The molecule has 0 aliphatic carbocycles. The Labute approximate surface area is 111 Å². The van der Waals surface area contributed by atoms with E-state index in [4.69, 9.17) is 4.74 Å². The summed E-state index contributed by atoms with van der Waals surface area (Å²) in [4.78, 5) is 11.9. The molecule has 3 rings (SSSR count). The summed E-state index contributed by atoms with van der Waals surface area (Å²) in [6.07, 6.45) is 7.74. The second kappa shape index (κ2) is 5.10. The lowest BCUT2D eigenvalue weighted by Crippen LogP contribution is -1.96. The Morgan fingerprint density at radius 2 is 2.11 bits per heavy atom. The van der Waals surface area contributed by atoms with Crippen molar-refractivity contribution in [3.8, 4) is 5.88 Å². The van der Waals surface area contributed by atoms with E-state index in [-0.39, 0.29) is 0 Å². The van der Waals surface area contributed by atoms with Gasteiger partial charge in [0.05, 0.1) is 18.1 Å². The number of fused-ring (bicyclic) bond motifs is 1. The van der Waals surface area contributed by atoms with Crippen LogP contribution in [0.4, 0.5) is 0 Å². The maximum Gasteiger partial charge on any atom is 0.213 e. The predicted octanol–water partition coefficient (Wildman–Crippen LogP) is 2.75. The van der Waals surface area contributed by atoms with Gasteiger partial charge in [0.25, 0.3) is 0 Å². The molecule has 0 unspecified atom stereocenters. The molecule has 4 nitrogen and oxygen atoms in total. The monoisotopic (exact) mass is 253 g/mol. The minimum atomic E-state index is 0.628. The third-order valence-electron chi connectivity index (χ3n) is 3.20. The Balaban J connectivity index is 1.93. The first kappa shape index (κ1) is 11.7. The number of hydrogen-bond donors (Lipinski definition) is 1. The molecule has 0 atom stereocenters. The average Bonchev–Trinajstić information content (AvgIpc) is 2.97. The van der Waals surface area contributed by atoms with Crippen molar-refractivity contribution in [2.75, 3.05) is 7.11 Å². The third-order valence-corrected chi connectivity index (χ3v) is 3.20. The van der Waals surface area contributed by atoms with Gasteiger partial charge in [-0.05, 0) is 42.2 Å². The van der Waals surface area contributed by atoms with E-state index in [1.807, 2.05) is 36.8 Å². The summed E-state index contributed by atoms with van der Waals surface area (Å²) < 4.78 is 5.18. The molecular weight excluding hydrogens is 238 g/mol. The quantitative estimate of drug-likeness (QED) is 0.777. The molecule has 0 bridgehead atoms. The Morgan fingerprint density at radius 1 is 1.16 bits per heavy atom. The molecule has 0 aromatic carbocycles.